The Balaban J connectivity index is 1.72. The number of allylic oxidation sites excluding steroid dienone is 3. The molecule has 3 heteroatoms. The van der Waals surface area contributed by atoms with Gasteiger partial charge < -0.3 is 15.9 Å². The van der Waals surface area contributed by atoms with Gasteiger partial charge in [-0.05, 0) is 60.8 Å². The Kier molecular flexibility index (Phi) is 3.09. The van der Waals surface area contributed by atoms with Crippen LogP contribution in [0.4, 0.5) is 0 Å². The molecular weight excluding hydrogens is 274 g/mol. The highest BCUT2D eigenvalue weighted by Gasteiger charge is 2.60. The number of hydrogen-bond donors (Lipinski definition) is 3. The summed E-state index contributed by atoms with van der Waals surface area (Å²) in [6, 6.07) is 0.171. The van der Waals surface area contributed by atoms with E-state index < -0.39 is 0 Å². The number of aliphatic hydroxyl groups is 2. The minimum Gasteiger partial charge on any atom is -0.513 e. The molecule has 22 heavy (non-hydrogen) atoms. The van der Waals surface area contributed by atoms with Crippen LogP contribution >= 0.6 is 0 Å². The van der Waals surface area contributed by atoms with E-state index in [2.05, 4.69) is 26.0 Å². The van der Waals surface area contributed by atoms with Gasteiger partial charge in [-0.3, -0.25) is 0 Å². The number of nitrogens with two attached hydrogens (primary N) is 1. The van der Waals surface area contributed by atoms with Gasteiger partial charge in [0.1, 0.15) is 0 Å². The molecule has 0 radical (unpaired) electrons. The van der Waals surface area contributed by atoms with Crippen molar-refractivity contribution in [3.8, 4) is 0 Å². The molecule has 3 nitrogen and oxygen atoms in total. The Morgan fingerprint density at radius 1 is 1.18 bits per heavy atom. The van der Waals surface area contributed by atoms with Crippen molar-refractivity contribution in [2.75, 3.05) is 0 Å². The lowest BCUT2D eigenvalue weighted by molar-refractivity contribution is -0.107. The van der Waals surface area contributed by atoms with Crippen LogP contribution in [0.3, 0.4) is 0 Å². The molecule has 122 valence electrons. The molecule has 4 N–H and O–H groups in total. The van der Waals surface area contributed by atoms with Gasteiger partial charge in [-0.2, -0.15) is 0 Å². The molecule has 0 aromatic rings. The molecule has 0 aromatic carbocycles. The Labute approximate surface area is 133 Å². The van der Waals surface area contributed by atoms with E-state index in [1.807, 2.05) is 6.08 Å². The molecule has 4 aliphatic carbocycles. The van der Waals surface area contributed by atoms with Crippen molar-refractivity contribution >= 4 is 0 Å². The highest BCUT2D eigenvalue weighted by Crippen LogP contribution is 2.64. The van der Waals surface area contributed by atoms with Crippen LogP contribution in [0.25, 0.3) is 0 Å². The third kappa shape index (κ3) is 1.75. The summed E-state index contributed by atoms with van der Waals surface area (Å²) in [5.41, 5.74) is 6.87. The van der Waals surface area contributed by atoms with Crippen molar-refractivity contribution in [1.82, 2.24) is 0 Å². The summed E-state index contributed by atoms with van der Waals surface area (Å²) in [5, 5.41) is 20.4. The van der Waals surface area contributed by atoms with Crippen molar-refractivity contribution < 1.29 is 10.2 Å². The lowest BCUT2D eigenvalue weighted by atomic mass is 9.45. The monoisotopic (exact) mass is 303 g/mol. The second-order valence-corrected chi connectivity index (χ2v) is 8.75. The molecule has 2 fully saturated rings. The van der Waals surface area contributed by atoms with Crippen molar-refractivity contribution in [2.24, 2.45) is 40.2 Å². The van der Waals surface area contributed by atoms with Crippen LogP contribution in [-0.2, 0) is 0 Å². The number of rotatable bonds is 0. The van der Waals surface area contributed by atoms with Crippen molar-refractivity contribution in [3.63, 3.8) is 0 Å². The Bertz CT molecular complexity index is 542. The molecule has 0 amide bonds. The van der Waals surface area contributed by atoms with Gasteiger partial charge >= 0.3 is 0 Å². The molecule has 0 heterocycles. The van der Waals surface area contributed by atoms with Crippen LogP contribution in [0.1, 0.15) is 46.0 Å². The maximum atomic E-state index is 10.4. The molecule has 2 saturated carbocycles. The first kappa shape index (κ1) is 14.8. The fourth-order valence-electron chi connectivity index (χ4n) is 6.32. The van der Waals surface area contributed by atoms with Gasteiger partial charge in [0.2, 0.25) is 0 Å². The van der Waals surface area contributed by atoms with Crippen LogP contribution < -0.4 is 5.73 Å². The average molecular weight is 303 g/mol. The molecule has 4 aliphatic rings. The van der Waals surface area contributed by atoms with Gasteiger partial charge in [0.25, 0.3) is 0 Å². The predicted molar refractivity (Wildman–Crippen MR) is 87.1 cm³/mol. The van der Waals surface area contributed by atoms with E-state index in [1.54, 1.807) is 0 Å². The summed E-state index contributed by atoms with van der Waals surface area (Å²) in [7, 11) is 0. The molecule has 1 unspecified atom stereocenters. The number of hydrogen-bond acceptors (Lipinski definition) is 3. The SMILES string of the molecule is C[C@]12CC[C@H]3[C@@H]([C@@H](N)CC4C=C(O)CC[C@@]43C)[C@@H]1C=C[C@@H]2O. The third-order valence-electron chi connectivity index (χ3n) is 7.84. The molecule has 0 bridgehead atoms. The Hall–Kier alpha value is -0.800. The van der Waals surface area contributed by atoms with Gasteiger partial charge in [-0.1, -0.05) is 26.0 Å². The maximum Gasteiger partial charge on any atom is 0.0886 e. The van der Waals surface area contributed by atoms with E-state index in [1.165, 1.54) is 0 Å². The standard InChI is InChI=1S/C19H29NO2/c1-18-7-5-12(21)9-11(18)10-15(20)17-13-3-4-16(22)19(13,2)8-6-14(17)18/h3-4,9,11,13-17,21-22H,5-8,10,20H2,1-2H3/t11?,13-,14-,15-,16-,17-,18-,19-/m0/s1. The van der Waals surface area contributed by atoms with Gasteiger partial charge in [0.05, 0.1) is 11.9 Å². The molecule has 0 aromatic heterocycles. The van der Waals surface area contributed by atoms with Crippen LogP contribution in [0.2, 0.25) is 0 Å². The Morgan fingerprint density at radius 2 is 1.95 bits per heavy atom. The third-order valence-corrected chi connectivity index (χ3v) is 7.84. The van der Waals surface area contributed by atoms with Crippen molar-refractivity contribution in [2.45, 2.75) is 58.1 Å². The normalized spacial score (nSPS) is 56.8. The van der Waals surface area contributed by atoms with Gasteiger partial charge in [-0.25, -0.2) is 0 Å². The summed E-state index contributed by atoms with van der Waals surface area (Å²) in [4.78, 5) is 0. The molecule has 0 spiro atoms. The first-order valence-corrected chi connectivity index (χ1v) is 8.88. The minimum absolute atomic E-state index is 0.0192. The van der Waals surface area contributed by atoms with Crippen LogP contribution in [0.5, 0.6) is 0 Å². The summed E-state index contributed by atoms with van der Waals surface area (Å²) >= 11 is 0. The predicted octanol–water partition coefficient (Wildman–Crippen LogP) is 3.16. The zero-order chi connectivity index (χ0) is 15.7. The number of aliphatic hydroxyl groups excluding tert-OH is 2. The van der Waals surface area contributed by atoms with E-state index in [9.17, 15) is 10.2 Å². The molecule has 0 saturated heterocycles. The zero-order valence-corrected chi connectivity index (χ0v) is 13.7. The van der Waals surface area contributed by atoms with E-state index in [-0.39, 0.29) is 23.0 Å². The topological polar surface area (TPSA) is 66.5 Å². The fourth-order valence-corrected chi connectivity index (χ4v) is 6.32. The van der Waals surface area contributed by atoms with Crippen LogP contribution in [0, 0.1) is 34.5 Å². The number of fused-ring (bicyclic) bond motifs is 5. The first-order chi connectivity index (χ1) is 10.4. The summed E-state index contributed by atoms with van der Waals surface area (Å²) < 4.78 is 0. The fraction of sp³-hybridized carbons (Fsp3) is 0.789. The maximum absolute atomic E-state index is 10.4. The highest BCUT2D eigenvalue weighted by molar-refractivity contribution is 5.23. The lowest BCUT2D eigenvalue weighted by Crippen LogP contribution is -2.59. The molecular formula is C19H29NO2. The van der Waals surface area contributed by atoms with Gasteiger partial charge in [0.15, 0.2) is 0 Å². The smallest absolute Gasteiger partial charge is 0.0886 e. The van der Waals surface area contributed by atoms with E-state index >= 15 is 0 Å². The van der Waals surface area contributed by atoms with Crippen molar-refractivity contribution in [3.05, 3.63) is 24.0 Å². The van der Waals surface area contributed by atoms with E-state index in [0.29, 0.717) is 29.4 Å². The average Bonchev–Trinajstić information content (AvgIpc) is 2.77. The van der Waals surface area contributed by atoms with E-state index in [0.717, 1.165) is 32.1 Å². The second-order valence-electron chi connectivity index (χ2n) is 8.75. The molecule has 8 atom stereocenters. The largest absolute Gasteiger partial charge is 0.513 e. The summed E-state index contributed by atoms with van der Waals surface area (Å²) in [5.74, 6) is 2.47. The first-order valence-electron chi connectivity index (χ1n) is 8.88. The summed E-state index contributed by atoms with van der Waals surface area (Å²) in [6.07, 6.45) is 11.1. The van der Waals surface area contributed by atoms with Crippen molar-refractivity contribution in [1.29, 1.82) is 0 Å². The van der Waals surface area contributed by atoms with E-state index in [4.69, 9.17) is 5.73 Å². The summed E-state index contributed by atoms with van der Waals surface area (Å²) in [6.45, 7) is 4.66. The van der Waals surface area contributed by atoms with Gasteiger partial charge in [0, 0.05) is 17.9 Å². The zero-order valence-electron chi connectivity index (χ0n) is 13.7. The second kappa shape index (κ2) is 4.61. The van der Waals surface area contributed by atoms with Gasteiger partial charge in [-0.15, -0.1) is 0 Å². The minimum atomic E-state index is -0.313. The quantitative estimate of drug-likeness (QED) is 0.602. The molecule has 0 aliphatic heterocycles. The molecule has 4 rings (SSSR count). The van der Waals surface area contributed by atoms with Crippen LogP contribution in [0.15, 0.2) is 24.0 Å². The Morgan fingerprint density at radius 3 is 2.73 bits per heavy atom. The highest BCUT2D eigenvalue weighted by atomic mass is 16.3. The lowest BCUT2D eigenvalue weighted by Gasteiger charge is -2.61. The van der Waals surface area contributed by atoms with Crippen LogP contribution in [-0.4, -0.2) is 22.4 Å².